The van der Waals surface area contributed by atoms with Gasteiger partial charge in [0.25, 0.3) is 0 Å². The Kier molecular flexibility index (Phi) is 3.33. The fourth-order valence-corrected chi connectivity index (χ4v) is 2.65. The number of carboxylic acids is 1. The van der Waals surface area contributed by atoms with Gasteiger partial charge in [0.05, 0.1) is 0 Å². The second kappa shape index (κ2) is 4.75. The first-order valence-corrected chi connectivity index (χ1v) is 5.87. The molecule has 0 spiro atoms. The summed E-state index contributed by atoms with van der Waals surface area (Å²) in [5.41, 5.74) is 8.07. The normalized spacial score (nSPS) is 22.4. The molecule has 92 valence electrons. The molecule has 4 heteroatoms. The predicted octanol–water partition coefficient (Wildman–Crippen LogP) is 1.61. The molecule has 1 aromatic carbocycles. The van der Waals surface area contributed by atoms with Crippen molar-refractivity contribution in [3.05, 3.63) is 29.3 Å². The maximum Gasteiger partial charge on any atom is 0.303 e. The molecule has 0 radical (unpaired) electrons. The van der Waals surface area contributed by atoms with Gasteiger partial charge in [-0.1, -0.05) is 12.1 Å². The molecule has 0 fully saturated rings. The fourth-order valence-electron chi connectivity index (χ4n) is 2.65. The Bertz CT molecular complexity index is 431. The molecule has 0 aliphatic heterocycles. The van der Waals surface area contributed by atoms with Crippen molar-refractivity contribution in [3.63, 3.8) is 0 Å². The molecule has 0 amide bonds. The van der Waals surface area contributed by atoms with E-state index in [0.717, 1.165) is 24.0 Å². The number of carbonyl (C=O) groups is 1. The van der Waals surface area contributed by atoms with Crippen LogP contribution in [0.25, 0.3) is 0 Å². The lowest BCUT2D eigenvalue weighted by molar-refractivity contribution is -0.137. The number of hydrogen-bond acceptors (Lipinski definition) is 3. The van der Waals surface area contributed by atoms with Crippen LogP contribution in [0.2, 0.25) is 0 Å². The summed E-state index contributed by atoms with van der Waals surface area (Å²) in [4.78, 5) is 10.5. The van der Waals surface area contributed by atoms with E-state index in [-0.39, 0.29) is 24.1 Å². The summed E-state index contributed by atoms with van der Waals surface area (Å²) in [6.07, 6.45) is 2.24. The fraction of sp³-hybridized carbons (Fsp3) is 0.462. The summed E-state index contributed by atoms with van der Waals surface area (Å²) in [5.74, 6) is -0.407. The van der Waals surface area contributed by atoms with Gasteiger partial charge in [-0.25, -0.2) is 0 Å². The van der Waals surface area contributed by atoms with Crippen LogP contribution in [0.15, 0.2) is 18.2 Å². The molecule has 1 aliphatic rings. The average molecular weight is 235 g/mol. The van der Waals surface area contributed by atoms with Gasteiger partial charge in [-0.3, -0.25) is 4.79 Å². The van der Waals surface area contributed by atoms with Crippen molar-refractivity contribution in [1.29, 1.82) is 0 Å². The number of phenolic OH excluding ortho intramolecular Hbond substituents is 1. The van der Waals surface area contributed by atoms with Crippen LogP contribution in [0.4, 0.5) is 0 Å². The highest BCUT2D eigenvalue weighted by atomic mass is 16.4. The molecular formula is C13H17NO3. The summed E-state index contributed by atoms with van der Waals surface area (Å²) >= 11 is 0. The van der Waals surface area contributed by atoms with Gasteiger partial charge in [0, 0.05) is 23.9 Å². The summed E-state index contributed by atoms with van der Waals surface area (Å²) in [6, 6.07) is 5.46. The van der Waals surface area contributed by atoms with Crippen molar-refractivity contribution in [2.75, 3.05) is 0 Å². The zero-order chi connectivity index (χ0) is 12.4. The number of aromatic hydroxyl groups is 1. The molecule has 0 aromatic heterocycles. The van der Waals surface area contributed by atoms with Crippen molar-refractivity contribution in [2.24, 2.45) is 5.73 Å². The third kappa shape index (κ3) is 2.42. The van der Waals surface area contributed by atoms with Gasteiger partial charge in [-0.15, -0.1) is 0 Å². The van der Waals surface area contributed by atoms with Crippen LogP contribution in [0.5, 0.6) is 5.75 Å². The van der Waals surface area contributed by atoms with Crippen molar-refractivity contribution >= 4 is 5.97 Å². The zero-order valence-electron chi connectivity index (χ0n) is 9.60. The number of hydrogen-bond donors (Lipinski definition) is 3. The minimum absolute atomic E-state index is 0.00732. The highest BCUT2D eigenvalue weighted by Gasteiger charge is 2.31. The second-order valence-corrected chi connectivity index (χ2v) is 4.61. The largest absolute Gasteiger partial charge is 0.508 e. The van der Waals surface area contributed by atoms with E-state index in [9.17, 15) is 9.90 Å². The summed E-state index contributed by atoms with van der Waals surface area (Å²) in [7, 11) is 0. The van der Waals surface area contributed by atoms with Crippen LogP contribution >= 0.6 is 0 Å². The van der Waals surface area contributed by atoms with Gasteiger partial charge >= 0.3 is 5.97 Å². The highest BCUT2D eigenvalue weighted by Crippen LogP contribution is 2.40. The Morgan fingerprint density at radius 1 is 1.47 bits per heavy atom. The van der Waals surface area contributed by atoms with Crippen LogP contribution in [0.3, 0.4) is 0 Å². The van der Waals surface area contributed by atoms with E-state index in [4.69, 9.17) is 10.8 Å². The highest BCUT2D eigenvalue weighted by molar-refractivity contribution is 5.66. The Morgan fingerprint density at radius 2 is 2.24 bits per heavy atom. The average Bonchev–Trinajstić information content (AvgIpc) is 2.56. The molecule has 2 unspecified atom stereocenters. The van der Waals surface area contributed by atoms with Crippen molar-refractivity contribution in [1.82, 2.24) is 0 Å². The van der Waals surface area contributed by atoms with Crippen LogP contribution in [-0.4, -0.2) is 22.2 Å². The van der Waals surface area contributed by atoms with E-state index < -0.39 is 5.97 Å². The number of phenols is 1. The minimum Gasteiger partial charge on any atom is -0.508 e. The van der Waals surface area contributed by atoms with Crippen molar-refractivity contribution in [3.8, 4) is 5.75 Å². The molecule has 0 heterocycles. The van der Waals surface area contributed by atoms with Gasteiger partial charge in [-0.2, -0.15) is 0 Å². The smallest absolute Gasteiger partial charge is 0.303 e. The Labute approximate surface area is 100 Å². The lowest BCUT2D eigenvalue weighted by atomic mass is 9.92. The molecule has 4 nitrogen and oxygen atoms in total. The number of rotatable bonds is 4. The Hall–Kier alpha value is -1.55. The monoisotopic (exact) mass is 235 g/mol. The lowest BCUT2D eigenvalue weighted by Crippen LogP contribution is -2.25. The van der Waals surface area contributed by atoms with Crippen LogP contribution in [-0.2, 0) is 11.2 Å². The summed E-state index contributed by atoms with van der Waals surface area (Å²) < 4.78 is 0. The quantitative estimate of drug-likeness (QED) is 0.740. The first-order valence-electron chi connectivity index (χ1n) is 5.87. The summed E-state index contributed by atoms with van der Waals surface area (Å²) in [5, 5.41) is 18.5. The molecule has 17 heavy (non-hydrogen) atoms. The van der Waals surface area contributed by atoms with Crippen LogP contribution < -0.4 is 5.73 Å². The number of carboxylic acid groups (broad SMARTS) is 1. The molecule has 2 atom stereocenters. The maximum atomic E-state index is 10.5. The molecule has 0 saturated carbocycles. The van der Waals surface area contributed by atoms with Crippen molar-refractivity contribution in [2.45, 2.75) is 37.6 Å². The number of nitrogens with two attached hydrogens (primary N) is 1. The molecule has 4 N–H and O–H groups in total. The van der Waals surface area contributed by atoms with E-state index >= 15 is 0 Å². The molecule has 2 rings (SSSR count). The van der Waals surface area contributed by atoms with Crippen molar-refractivity contribution < 1.29 is 15.0 Å². The molecule has 0 bridgehead atoms. The van der Waals surface area contributed by atoms with E-state index in [1.807, 2.05) is 12.1 Å². The Morgan fingerprint density at radius 3 is 2.94 bits per heavy atom. The molecule has 1 aliphatic carbocycles. The predicted molar refractivity (Wildman–Crippen MR) is 64.0 cm³/mol. The lowest BCUT2D eigenvalue weighted by Gasteiger charge is -2.16. The first-order chi connectivity index (χ1) is 8.09. The van der Waals surface area contributed by atoms with E-state index in [1.54, 1.807) is 6.07 Å². The van der Waals surface area contributed by atoms with Crippen LogP contribution in [0, 0.1) is 0 Å². The maximum absolute atomic E-state index is 10.5. The first kappa shape index (κ1) is 11.9. The van der Waals surface area contributed by atoms with Gasteiger partial charge in [0.2, 0.25) is 0 Å². The SMILES string of the molecule is NC1Cc2cccc(O)c2C1CCCC(=O)O. The number of aliphatic carboxylic acids is 1. The Balaban J connectivity index is 2.11. The van der Waals surface area contributed by atoms with Crippen LogP contribution in [0.1, 0.15) is 36.3 Å². The zero-order valence-corrected chi connectivity index (χ0v) is 9.60. The van der Waals surface area contributed by atoms with E-state index in [0.29, 0.717) is 6.42 Å². The molecule has 0 saturated heterocycles. The molecular weight excluding hydrogens is 218 g/mol. The van der Waals surface area contributed by atoms with Gasteiger partial charge in [0.1, 0.15) is 5.75 Å². The standard InChI is InChI=1S/C13H17NO3/c14-10-7-8-3-1-5-11(15)13(8)9(10)4-2-6-12(16)17/h1,3,5,9-10,15H,2,4,6-7,14H2,(H,16,17). The third-order valence-electron chi connectivity index (χ3n) is 3.42. The van der Waals surface area contributed by atoms with Gasteiger partial charge in [-0.05, 0) is 30.9 Å². The second-order valence-electron chi connectivity index (χ2n) is 4.61. The third-order valence-corrected chi connectivity index (χ3v) is 3.42. The minimum atomic E-state index is -0.783. The van der Waals surface area contributed by atoms with Gasteiger partial charge < -0.3 is 15.9 Å². The topological polar surface area (TPSA) is 83.5 Å². The number of benzene rings is 1. The van der Waals surface area contributed by atoms with E-state index in [2.05, 4.69) is 0 Å². The van der Waals surface area contributed by atoms with E-state index in [1.165, 1.54) is 0 Å². The summed E-state index contributed by atoms with van der Waals surface area (Å²) in [6.45, 7) is 0. The van der Waals surface area contributed by atoms with Gasteiger partial charge in [0.15, 0.2) is 0 Å². The number of fused-ring (bicyclic) bond motifs is 1. The molecule has 1 aromatic rings.